The van der Waals surface area contributed by atoms with Crippen LogP contribution in [-0.2, 0) is 6.18 Å². The van der Waals surface area contributed by atoms with E-state index in [1.54, 1.807) is 0 Å². The van der Waals surface area contributed by atoms with Gasteiger partial charge in [-0.25, -0.2) is 4.39 Å². The normalized spacial score (nSPS) is 13.6. The lowest BCUT2D eigenvalue weighted by Gasteiger charge is -2.18. The molecule has 0 spiro atoms. The largest absolute Gasteiger partial charge is 0.416 e. The standard InChI is InChI=1S/C13H18F4N2/c1-2-3-4-5-12(19-18)10-8-9(13(15,16)17)6-7-11(10)14/h6-8,12,19H,2-5,18H2,1H3. The smallest absolute Gasteiger partial charge is 0.271 e. The molecule has 0 radical (unpaired) electrons. The number of rotatable bonds is 6. The van der Waals surface area contributed by atoms with Crippen LogP contribution in [0, 0.1) is 5.82 Å². The summed E-state index contributed by atoms with van der Waals surface area (Å²) >= 11 is 0. The predicted molar refractivity (Wildman–Crippen MR) is 65.6 cm³/mol. The molecule has 0 aliphatic rings. The molecule has 0 heterocycles. The van der Waals surface area contributed by atoms with Gasteiger partial charge in [0.1, 0.15) is 5.82 Å². The molecule has 0 aliphatic carbocycles. The van der Waals surface area contributed by atoms with Crippen molar-refractivity contribution in [2.24, 2.45) is 5.84 Å². The van der Waals surface area contributed by atoms with Crippen LogP contribution in [0.3, 0.4) is 0 Å². The van der Waals surface area contributed by atoms with Crippen LogP contribution in [0.4, 0.5) is 17.6 Å². The van der Waals surface area contributed by atoms with Gasteiger partial charge in [-0.05, 0) is 24.6 Å². The van der Waals surface area contributed by atoms with Crippen molar-refractivity contribution in [1.82, 2.24) is 5.43 Å². The van der Waals surface area contributed by atoms with Crippen LogP contribution < -0.4 is 11.3 Å². The van der Waals surface area contributed by atoms with Crippen LogP contribution in [-0.4, -0.2) is 0 Å². The van der Waals surface area contributed by atoms with Crippen molar-refractivity contribution in [2.75, 3.05) is 0 Å². The van der Waals surface area contributed by atoms with Crippen molar-refractivity contribution in [3.8, 4) is 0 Å². The van der Waals surface area contributed by atoms with Crippen LogP contribution >= 0.6 is 0 Å². The van der Waals surface area contributed by atoms with Crippen LogP contribution in [0.5, 0.6) is 0 Å². The first kappa shape index (κ1) is 15.9. The third-order valence-corrected chi connectivity index (χ3v) is 3.00. The van der Waals surface area contributed by atoms with Crippen molar-refractivity contribution in [3.05, 3.63) is 35.1 Å². The number of unbranched alkanes of at least 4 members (excludes halogenated alkanes) is 2. The van der Waals surface area contributed by atoms with E-state index in [2.05, 4.69) is 5.43 Å². The summed E-state index contributed by atoms with van der Waals surface area (Å²) in [5, 5.41) is 0. The van der Waals surface area contributed by atoms with E-state index >= 15 is 0 Å². The van der Waals surface area contributed by atoms with Gasteiger partial charge in [0.25, 0.3) is 0 Å². The van der Waals surface area contributed by atoms with Crippen LogP contribution in [0.15, 0.2) is 18.2 Å². The van der Waals surface area contributed by atoms with Gasteiger partial charge < -0.3 is 0 Å². The molecule has 1 rings (SSSR count). The average molecular weight is 278 g/mol. The number of hydrogen-bond donors (Lipinski definition) is 2. The fourth-order valence-electron chi connectivity index (χ4n) is 1.91. The van der Waals surface area contributed by atoms with Crippen molar-refractivity contribution in [2.45, 2.75) is 44.8 Å². The number of nitrogens with one attached hydrogen (secondary N) is 1. The lowest BCUT2D eigenvalue weighted by molar-refractivity contribution is -0.137. The Morgan fingerprint density at radius 1 is 1.26 bits per heavy atom. The van der Waals surface area contributed by atoms with Crippen LogP contribution in [0.1, 0.15) is 49.8 Å². The zero-order chi connectivity index (χ0) is 14.5. The molecule has 6 heteroatoms. The molecular formula is C13H18F4N2. The minimum absolute atomic E-state index is 0.0339. The highest BCUT2D eigenvalue weighted by molar-refractivity contribution is 5.29. The Kier molecular flexibility index (Phi) is 5.75. The van der Waals surface area contributed by atoms with Crippen molar-refractivity contribution in [1.29, 1.82) is 0 Å². The Labute approximate surface area is 110 Å². The first-order valence-electron chi connectivity index (χ1n) is 6.23. The summed E-state index contributed by atoms with van der Waals surface area (Å²) in [7, 11) is 0. The van der Waals surface area contributed by atoms with Crippen molar-refractivity contribution >= 4 is 0 Å². The number of alkyl halides is 3. The maximum Gasteiger partial charge on any atom is 0.416 e. The summed E-state index contributed by atoms with van der Waals surface area (Å²) in [4.78, 5) is 0. The maximum absolute atomic E-state index is 13.6. The summed E-state index contributed by atoms with van der Waals surface area (Å²) in [5.74, 6) is 4.64. The highest BCUT2D eigenvalue weighted by atomic mass is 19.4. The molecule has 0 saturated carbocycles. The average Bonchev–Trinajstić information content (AvgIpc) is 2.34. The predicted octanol–water partition coefficient (Wildman–Crippen LogP) is 3.93. The minimum Gasteiger partial charge on any atom is -0.271 e. The highest BCUT2D eigenvalue weighted by Crippen LogP contribution is 2.32. The van der Waals surface area contributed by atoms with E-state index < -0.39 is 23.6 Å². The van der Waals surface area contributed by atoms with E-state index in [0.717, 1.165) is 37.5 Å². The molecule has 108 valence electrons. The zero-order valence-corrected chi connectivity index (χ0v) is 10.7. The Balaban J connectivity index is 2.95. The molecule has 2 nitrogen and oxygen atoms in total. The Morgan fingerprint density at radius 3 is 2.47 bits per heavy atom. The number of halogens is 4. The lowest BCUT2D eigenvalue weighted by atomic mass is 9.98. The van der Waals surface area contributed by atoms with E-state index in [-0.39, 0.29) is 5.56 Å². The van der Waals surface area contributed by atoms with Gasteiger partial charge in [0, 0.05) is 11.6 Å². The fourth-order valence-corrected chi connectivity index (χ4v) is 1.91. The van der Waals surface area contributed by atoms with Gasteiger partial charge in [-0.3, -0.25) is 11.3 Å². The van der Waals surface area contributed by atoms with Gasteiger partial charge in [-0.1, -0.05) is 26.2 Å². The molecule has 0 amide bonds. The van der Waals surface area contributed by atoms with Gasteiger partial charge in [0.05, 0.1) is 5.56 Å². The second-order valence-electron chi connectivity index (χ2n) is 4.45. The van der Waals surface area contributed by atoms with Gasteiger partial charge in [-0.2, -0.15) is 13.2 Å². The zero-order valence-electron chi connectivity index (χ0n) is 10.7. The van der Waals surface area contributed by atoms with E-state index in [0.29, 0.717) is 6.42 Å². The van der Waals surface area contributed by atoms with Gasteiger partial charge in [-0.15, -0.1) is 0 Å². The fraction of sp³-hybridized carbons (Fsp3) is 0.538. The first-order valence-corrected chi connectivity index (χ1v) is 6.23. The number of nitrogens with two attached hydrogens (primary N) is 1. The molecule has 0 aromatic heterocycles. The molecule has 3 N–H and O–H groups in total. The van der Waals surface area contributed by atoms with Crippen LogP contribution in [0.2, 0.25) is 0 Å². The molecule has 1 aromatic rings. The first-order chi connectivity index (χ1) is 8.90. The van der Waals surface area contributed by atoms with E-state index in [9.17, 15) is 17.6 Å². The van der Waals surface area contributed by atoms with Gasteiger partial charge >= 0.3 is 6.18 Å². The summed E-state index contributed by atoms with van der Waals surface area (Å²) in [5.41, 5.74) is 1.49. The molecule has 1 unspecified atom stereocenters. The van der Waals surface area contributed by atoms with E-state index in [1.807, 2.05) is 6.92 Å². The Bertz CT molecular complexity index is 404. The highest BCUT2D eigenvalue weighted by Gasteiger charge is 2.31. The molecule has 0 fully saturated rings. The van der Waals surface area contributed by atoms with Gasteiger partial charge in [0.2, 0.25) is 0 Å². The van der Waals surface area contributed by atoms with Crippen LogP contribution in [0.25, 0.3) is 0 Å². The number of hydrazine groups is 1. The van der Waals surface area contributed by atoms with Crippen molar-refractivity contribution < 1.29 is 17.6 Å². The maximum atomic E-state index is 13.6. The molecule has 0 bridgehead atoms. The molecule has 1 atom stereocenters. The molecular weight excluding hydrogens is 260 g/mol. The summed E-state index contributed by atoms with van der Waals surface area (Å²) in [6.45, 7) is 2.01. The second-order valence-corrected chi connectivity index (χ2v) is 4.45. The molecule has 0 saturated heterocycles. The summed E-state index contributed by atoms with van der Waals surface area (Å²) in [6, 6.07) is 1.79. The topological polar surface area (TPSA) is 38.0 Å². The van der Waals surface area contributed by atoms with Crippen molar-refractivity contribution in [3.63, 3.8) is 0 Å². The third-order valence-electron chi connectivity index (χ3n) is 3.00. The Hall–Kier alpha value is -1.14. The van der Waals surface area contributed by atoms with Gasteiger partial charge in [0.15, 0.2) is 0 Å². The monoisotopic (exact) mass is 278 g/mol. The quantitative estimate of drug-likeness (QED) is 0.358. The Morgan fingerprint density at radius 2 is 1.95 bits per heavy atom. The molecule has 1 aromatic carbocycles. The summed E-state index contributed by atoms with van der Waals surface area (Å²) < 4.78 is 51.4. The lowest BCUT2D eigenvalue weighted by Crippen LogP contribution is -2.29. The summed E-state index contributed by atoms with van der Waals surface area (Å²) in [6.07, 6.45) is -1.30. The van der Waals surface area contributed by atoms with E-state index in [4.69, 9.17) is 5.84 Å². The SMILES string of the molecule is CCCCCC(NN)c1cc(C(F)(F)F)ccc1F. The molecule has 0 aliphatic heterocycles. The minimum atomic E-state index is -4.48. The molecule has 19 heavy (non-hydrogen) atoms. The third kappa shape index (κ3) is 4.47. The second kappa shape index (κ2) is 6.86. The van der Waals surface area contributed by atoms with E-state index in [1.165, 1.54) is 0 Å². The number of benzene rings is 1. The number of hydrogen-bond acceptors (Lipinski definition) is 2.